The highest BCUT2D eigenvalue weighted by Gasteiger charge is 2.91. The molecule has 2 aromatic carbocycles. The van der Waals surface area contributed by atoms with Crippen LogP contribution in [-0.4, -0.2) is 37.4 Å². The van der Waals surface area contributed by atoms with Gasteiger partial charge in [0.1, 0.15) is 0 Å². The second-order valence-corrected chi connectivity index (χ2v) is 9.99. The Morgan fingerprint density at radius 3 is 1.21 bits per heavy atom. The number of hydrogen-bond acceptors (Lipinski definition) is 7. The zero-order chi connectivity index (χ0) is 22.3. The van der Waals surface area contributed by atoms with E-state index in [1.807, 2.05) is 48.5 Å². The third kappa shape index (κ3) is 1.70. The van der Waals surface area contributed by atoms with Crippen molar-refractivity contribution in [2.75, 3.05) is 14.2 Å². The highest BCUT2D eigenvalue weighted by atomic mass is 16.6. The molecule has 0 amide bonds. The van der Waals surface area contributed by atoms with Crippen LogP contribution in [0, 0.1) is 23.7 Å². The first-order chi connectivity index (χ1) is 16.1. The Labute approximate surface area is 189 Å². The maximum absolute atomic E-state index is 13.7. The molecule has 0 spiro atoms. The lowest BCUT2D eigenvalue weighted by Gasteiger charge is -2.46. The van der Waals surface area contributed by atoms with Crippen LogP contribution in [-0.2, 0) is 33.3 Å². The molecule has 168 valence electrons. The second-order valence-electron chi connectivity index (χ2n) is 9.99. The smallest absolute Gasteiger partial charge is 0.339 e. The van der Waals surface area contributed by atoms with Gasteiger partial charge < -0.3 is 23.7 Å². The number of fused-ring (bicyclic) bond motifs is 22. The van der Waals surface area contributed by atoms with E-state index in [1.54, 1.807) is 0 Å². The number of benzene rings is 2. The van der Waals surface area contributed by atoms with Crippen LogP contribution >= 0.6 is 0 Å². The molecule has 6 aliphatic heterocycles. The van der Waals surface area contributed by atoms with Gasteiger partial charge in [-0.2, -0.15) is 0 Å². The van der Waals surface area contributed by atoms with Gasteiger partial charge in [-0.1, -0.05) is 48.5 Å². The van der Waals surface area contributed by atoms with E-state index in [2.05, 4.69) is 0 Å². The summed E-state index contributed by atoms with van der Waals surface area (Å²) in [5, 5.41) is 0. The number of ether oxygens (including phenoxy) is 5. The molecule has 0 aromatic heterocycles. The Balaban J connectivity index is 1.42. The molecule has 0 aliphatic carbocycles. The number of carbonyl (C=O) groups excluding carboxylic acids is 2. The van der Waals surface area contributed by atoms with Crippen molar-refractivity contribution in [3.05, 3.63) is 70.8 Å². The number of esters is 2. The third-order valence-corrected chi connectivity index (χ3v) is 9.21. The predicted octanol–water partition coefficient (Wildman–Crippen LogP) is 2.97. The quantitative estimate of drug-likeness (QED) is 0.656. The maximum Gasteiger partial charge on any atom is 0.339 e. The topological polar surface area (TPSA) is 80.3 Å². The molecule has 6 heterocycles. The average Bonchev–Trinajstić information content (AvgIpc) is 3.67. The summed E-state index contributed by atoms with van der Waals surface area (Å²) in [4.78, 5) is 27.4. The molecule has 8 rings (SSSR count). The fraction of sp³-hybridized carbons (Fsp3) is 0.462. The summed E-state index contributed by atoms with van der Waals surface area (Å²) in [6, 6.07) is 16.1. The van der Waals surface area contributed by atoms with E-state index in [0.29, 0.717) is 0 Å². The fourth-order valence-electron chi connectivity index (χ4n) is 8.44. The van der Waals surface area contributed by atoms with Crippen molar-refractivity contribution in [2.24, 2.45) is 23.7 Å². The van der Waals surface area contributed by atoms with Crippen LogP contribution in [0.25, 0.3) is 0 Å². The van der Waals surface area contributed by atoms with Crippen molar-refractivity contribution in [1.82, 2.24) is 0 Å². The first kappa shape index (κ1) is 18.7. The molecular weight excluding hydrogens is 424 g/mol. The van der Waals surface area contributed by atoms with Gasteiger partial charge >= 0.3 is 11.9 Å². The Bertz CT molecular complexity index is 1090. The third-order valence-electron chi connectivity index (χ3n) is 9.21. The van der Waals surface area contributed by atoms with Crippen molar-refractivity contribution in [3.8, 4) is 0 Å². The van der Waals surface area contributed by atoms with Crippen LogP contribution < -0.4 is 0 Å². The summed E-state index contributed by atoms with van der Waals surface area (Å²) in [7, 11) is 2.76. The normalized spacial score (nSPS) is 46.0. The van der Waals surface area contributed by atoms with Crippen LogP contribution in [0.3, 0.4) is 0 Å². The summed E-state index contributed by atoms with van der Waals surface area (Å²) in [5.74, 6) is -2.36. The molecule has 0 saturated carbocycles. The second kappa shape index (κ2) is 5.66. The highest BCUT2D eigenvalue weighted by molar-refractivity contribution is 5.90. The van der Waals surface area contributed by atoms with E-state index < -0.39 is 23.1 Å². The molecule has 8 atom stereocenters. The van der Waals surface area contributed by atoms with Crippen LogP contribution in [0.1, 0.15) is 46.7 Å². The lowest BCUT2D eigenvalue weighted by atomic mass is 9.49. The minimum absolute atomic E-state index is 0.350. The van der Waals surface area contributed by atoms with Gasteiger partial charge in [0, 0.05) is 23.7 Å². The van der Waals surface area contributed by atoms with Gasteiger partial charge in [-0.25, -0.2) is 9.59 Å². The van der Waals surface area contributed by atoms with E-state index in [-0.39, 0.29) is 48.1 Å². The molecule has 0 N–H and O–H groups in total. The zero-order valence-electron chi connectivity index (χ0n) is 18.1. The van der Waals surface area contributed by atoms with Gasteiger partial charge in [0.25, 0.3) is 0 Å². The van der Waals surface area contributed by atoms with Crippen LogP contribution in [0.4, 0.5) is 0 Å². The van der Waals surface area contributed by atoms with Gasteiger partial charge in [0.15, 0.2) is 11.2 Å². The summed E-state index contributed by atoms with van der Waals surface area (Å²) in [6.07, 6.45) is -1.40. The maximum atomic E-state index is 13.7. The molecule has 6 bridgehead atoms. The molecule has 7 heteroatoms. The first-order valence-corrected chi connectivity index (χ1v) is 11.4. The van der Waals surface area contributed by atoms with Crippen LogP contribution in [0.2, 0.25) is 0 Å². The first-order valence-electron chi connectivity index (χ1n) is 11.4. The SMILES string of the molecule is COC(=O)C12OC(C(=O)OC)(C3C4OC(c5ccccc54)C31)C1C3OC(c4ccccc43)C12. The fourth-order valence-corrected chi connectivity index (χ4v) is 8.44. The molecule has 33 heavy (non-hydrogen) atoms. The van der Waals surface area contributed by atoms with Crippen molar-refractivity contribution in [1.29, 1.82) is 0 Å². The van der Waals surface area contributed by atoms with Crippen molar-refractivity contribution >= 4 is 11.9 Å². The largest absolute Gasteiger partial charge is 0.467 e. The predicted molar refractivity (Wildman–Crippen MR) is 111 cm³/mol. The van der Waals surface area contributed by atoms with Crippen molar-refractivity contribution in [3.63, 3.8) is 0 Å². The minimum Gasteiger partial charge on any atom is -0.467 e. The average molecular weight is 446 g/mol. The minimum atomic E-state index is -1.35. The van der Waals surface area contributed by atoms with Crippen molar-refractivity contribution in [2.45, 2.75) is 35.6 Å². The highest BCUT2D eigenvalue weighted by Crippen LogP contribution is 2.82. The zero-order valence-corrected chi connectivity index (χ0v) is 18.1. The molecule has 6 aliphatic rings. The van der Waals surface area contributed by atoms with Gasteiger partial charge in [-0.15, -0.1) is 0 Å². The monoisotopic (exact) mass is 446 g/mol. The van der Waals surface area contributed by atoms with Crippen molar-refractivity contribution < 1.29 is 33.3 Å². The summed E-state index contributed by atoms with van der Waals surface area (Å²) >= 11 is 0. The van der Waals surface area contributed by atoms with Gasteiger partial charge in [-0.3, -0.25) is 0 Å². The van der Waals surface area contributed by atoms with E-state index in [4.69, 9.17) is 23.7 Å². The lowest BCUT2D eigenvalue weighted by Crippen LogP contribution is -2.60. The summed E-state index contributed by atoms with van der Waals surface area (Å²) in [5.41, 5.74) is 1.54. The Morgan fingerprint density at radius 2 is 0.939 bits per heavy atom. The molecule has 8 unspecified atom stereocenters. The standard InChI is InChI=1S/C26H22O7/c1-29-23(27)25-15-17(21-13-9-5-3-7-11(13)19(15)31-21)26(33-25,24(28)30-2)18-16(25)20-12-8-4-6-10-14(12)22(18)32-20/h3-10,15-22H,1-2H3. The van der Waals surface area contributed by atoms with Gasteiger partial charge in [0.05, 0.1) is 38.6 Å². The molecular formula is C26H22O7. The Kier molecular flexibility index (Phi) is 3.20. The number of hydrogen-bond donors (Lipinski definition) is 0. The molecule has 4 saturated heterocycles. The summed E-state index contributed by atoms with van der Waals surface area (Å²) in [6.45, 7) is 0. The molecule has 4 fully saturated rings. The summed E-state index contributed by atoms with van der Waals surface area (Å²) < 4.78 is 30.6. The van der Waals surface area contributed by atoms with E-state index >= 15 is 0 Å². The van der Waals surface area contributed by atoms with Crippen LogP contribution in [0.15, 0.2) is 48.5 Å². The molecule has 0 radical (unpaired) electrons. The van der Waals surface area contributed by atoms with Gasteiger partial charge in [0.2, 0.25) is 0 Å². The molecule has 7 nitrogen and oxygen atoms in total. The molecule has 2 aromatic rings. The number of methoxy groups -OCH3 is 2. The Hall–Kier alpha value is -2.74. The van der Waals surface area contributed by atoms with E-state index in [0.717, 1.165) is 22.3 Å². The number of rotatable bonds is 2. The van der Waals surface area contributed by atoms with E-state index in [1.165, 1.54) is 14.2 Å². The van der Waals surface area contributed by atoms with E-state index in [9.17, 15) is 9.59 Å². The number of carbonyl (C=O) groups is 2. The van der Waals surface area contributed by atoms with Crippen LogP contribution in [0.5, 0.6) is 0 Å². The van der Waals surface area contributed by atoms with Gasteiger partial charge in [-0.05, 0) is 22.3 Å². The Morgan fingerprint density at radius 1 is 0.636 bits per heavy atom. The lowest BCUT2D eigenvalue weighted by molar-refractivity contribution is -0.198.